The lowest BCUT2D eigenvalue weighted by molar-refractivity contribution is 0.0960. The van der Waals surface area contributed by atoms with E-state index in [0.717, 1.165) is 10.0 Å². The van der Waals surface area contributed by atoms with Gasteiger partial charge in [-0.15, -0.1) is 11.3 Å². The van der Waals surface area contributed by atoms with Crippen LogP contribution in [0.2, 0.25) is 0 Å². The van der Waals surface area contributed by atoms with Crippen LogP contribution in [0.4, 0.5) is 0 Å². The molecule has 1 aromatic heterocycles. The van der Waals surface area contributed by atoms with E-state index in [4.69, 9.17) is 0 Å². The van der Waals surface area contributed by atoms with E-state index < -0.39 is 0 Å². The first kappa shape index (κ1) is 10.5. The van der Waals surface area contributed by atoms with Crippen molar-refractivity contribution in [3.8, 4) is 0 Å². The Bertz CT molecular complexity index is 332. The van der Waals surface area contributed by atoms with Gasteiger partial charge in [-0.3, -0.25) is 4.79 Å². The van der Waals surface area contributed by atoms with Crippen LogP contribution >= 0.6 is 27.3 Å². The van der Waals surface area contributed by atoms with E-state index in [1.54, 1.807) is 0 Å². The summed E-state index contributed by atoms with van der Waals surface area (Å²) in [5, 5.41) is 4.64. The van der Waals surface area contributed by atoms with Crippen molar-refractivity contribution in [1.29, 1.82) is 0 Å². The number of hydrogen-bond acceptors (Lipinski definition) is 2. The Balaban J connectivity index is 2.59. The molecule has 1 aromatic rings. The highest BCUT2D eigenvalue weighted by Crippen LogP contribution is 2.22. The topological polar surface area (TPSA) is 29.1 Å². The van der Waals surface area contributed by atoms with Crippen LogP contribution in [-0.4, -0.2) is 12.5 Å². The smallest absolute Gasteiger partial charge is 0.262 e. The van der Waals surface area contributed by atoms with Crippen LogP contribution in [0.1, 0.15) is 16.6 Å². The van der Waals surface area contributed by atoms with Gasteiger partial charge in [-0.05, 0) is 34.3 Å². The fraction of sp³-hybridized carbons (Fsp3) is 0.222. The minimum Gasteiger partial charge on any atom is -0.348 e. The van der Waals surface area contributed by atoms with Gasteiger partial charge < -0.3 is 5.32 Å². The molecule has 1 rings (SSSR count). The van der Waals surface area contributed by atoms with Crippen LogP contribution in [0, 0.1) is 0 Å². The Morgan fingerprint density at radius 2 is 2.46 bits per heavy atom. The maximum absolute atomic E-state index is 11.5. The summed E-state index contributed by atoms with van der Waals surface area (Å²) in [4.78, 5) is 12.2. The summed E-state index contributed by atoms with van der Waals surface area (Å²) in [6, 6.07) is 1.86. The van der Waals surface area contributed by atoms with E-state index in [2.05, 4.69) is 27.8 Å². The molecule has 0 bridgehead atoms. The molecule has 0 aliphatic rings. The van der Waals surface area contributed by atoms with E-state index >= 15 is 0 Å². The molecule has 70 valence electrons. The first-order valence-electron chi connectivity index (χ1n) is 3.77. The van der Waals surface area contributed by atoms with Crippen LogP contribution in [0.25, 0.3) is 0 Å². The van der Waals surface area contributed by atoms with E-state index in [0.29, 0.717) is 11.4 Å². The minimum absolute atomic E-state index is 0.0510. The third kappa shape index (κ3) is 2.97. The number of carbonyl (C=O) groups is 1. The molecule has 0 aliphatic carbocycles. The molecule has 1 amide bonds. The minimum atomic E-state index is -0.0510. The molecular formula is C9H10BrNOS. The zero-order valence-electron chi connectivity index (χ0n) is 7.26. The third-order valence-corrected chi connectivity index (χ3v) is 3.21. The molecule has 0 saturated heterocycles. The summed E-state index contributed by atoms with van der Waals surface area (Å²) in [6.07, 6.45) is 0. The Hall–Kier alpha value is -0.610. The molecule has 0 spiro atoms. The standard InChI is InChI=1S/C9H10BrNOS/c1-6(2)5-11-9(12)8-7(10)3-4-13-8/h3-4H,1,5H2,2H3,(H,11,12). The highest BCUT2D eigenvalue weighted by atomic mass is 79.9. The lowest BCUT2D eigenvalue weighted by Gasteiger charge is -2.02. The second kappa shape index (κ2) is 4.58. The Morgan fingerprint density at radius 1 is 1.77 bits per heavy atom. The van der Waals surface area contributed by atoms with Gasteiger partial charge in [-0.25, -0.2) is 0 Å². The van der Waals surface area contributed by atoms with Crippen molar-refractivity contribution in [2.75, 3.05) is 6.54 Å². The second-order valence-electron chi connectivity index (χ2n) is 2.74. The van der Waals surface area contributed by atoms with Gasteiger partial charge in [0.05, 0.1) is 0 Å². The largest absolute Gasteiger partial charge is 0.348 e. The molecule has 0 radical (unpaired) electrons. The number of thiophene rings is 1. The Labute approximate surface area is 89.8 Å². The Kier molecular flexibility index (Phi) is 3.69. The molecule has 4 heteroatoms. The van der Waals surface area contributed by atoms with Crippen LogP contribution in [0.15, 0.2) is 28.1 Å². The fourth-order valence-electron chi connectivity index (χ4n) is 0.767. The lowest BCUT2D eigenvalue weighted by Crippen LogP contribution is -2.24. The normalized spacial score (nSPS) is 9.69. The van der Waals surface area contributed by atoms with Gasteiger partial charge in [-0.2, -0.15) is 0 Å². The predicted molar refractivity (Wildman–Crippen MR) is 59.2 cm³/mol. The molecule has 0 atom stereocenters. The van der Waals surface area contributed by atoms with Crippen LogP contribution in [0.5, 0.6) is 0 Å². The van der Waals surface area contributed by atoms with E-state index in [1.165, 1.54) is 11.3 Å². The summed E-state index contributed by atoms with van der Waals surface area (Å²) in [6.45, 7) is 6.12. The average Bonchev–Trinajstić information content (AvgIpc) is 2.47. The summed E-state index contributed by atoms with van der Waals surface area (Å²) in [7, 11) is 0. The Morgan fingerprint density at radius 3 is 2.92 bits per heavy atom. The first-order valence-corrected chi connectivity index (χ1v) is 5.44. The average molecular weight is 260 g/mol. The monoisotopic (exact) mass is 259 g/mol. The third-order valence-electron chi connectivity index (χ3n) is 1.37. The zero-order chi connectivity index (χ0) is 9.84. The van der Waals surface area contributed by atoms with E-state index in [9.17, 15) is 4.79 Å². The van der Waals surface area contributed by atoms with Crippen molar-refractivity contribution in [1.82, 2.24) is 5.32 Å². The fourth-order valence-corrected chi connectivity index (χ4v) is 2.23. The van der Waals surface area contributed by atoms with Crippen molar-refractivity contribution in [2.24, 2.45) is 0 Å². The predicted octanol–water partition coefficient (Wildman–Crippen LogP) is 2.82. The molecular weight excluding hydrogens is 250 g/mol. The number of hydrogen-bond donors (Lipinski definition) is 1. The molecule has 0 aromatic carbocycles. The van der Waals surface area contributed by atoms with Crippen molar-refractivity contribution in [2.45, 2.75) is 6.92 Å². The molecule has 2 nitrogen and oxygen atoms in total. The highest BCUT2D eigenvalue weighted by molar-refractivity contribution is 9.10. The summed E-state index contributed by atoms with van der Waals surface area (Å²) >= 11 is 4.72. The van der Waals surface area contributed by atoms with Gasteiger partial charge in [-0.1, -0.05) is 12.2 Å². The summed E-state index contributed by atoms with van der Waals surface area (Å²) in [5.41, 5.74) is 0.945. The molecule has 0 fully saturated rings. The molecule has 0 unspecified atom stereocenters. The van der Waals surface area contributed by atoms with Gasteiger partial charge in [0.15, 0.2) is 0 Å². The van der Waals surface area contributed by atoms with Crippen molar-refractivity contribution < 1.29 is 4.79 Å². The van der Waals surface area contributed by atoms with Crippen LogP contribution in [-0.2, 0) is 0 Å². The molecule has 0 aliphatic heterocycles. The molecule has 1 N–H and O–H groups in total. The second-order valence-corrected chi connectivity index (χ2v) is 4.51. The number of halogens is 1. The van der Waals surface area contributed by atoms with Gasteiger partial charge >= 0.3 is 0 Å². The quantitative estimate of drug-likeness (QED) is 0.832. The molecule has 13 heavy (non-hydrogen) atoms. The zero-order valence-corrected chi connectivity index (χ0v) is 9.67. The molecule has 0 saturated carbocycles. The molecule has 1 heterocycles. The van der Waals surface area contributed by atoms with Crippen molar-refractivity contribution >= 4 is 33.2 Å². The van der Waals surface area contributed by atoms with Gasteiger partial charge in [0.1, 0.15) is 4.88 Å². The van der Waals surface area contributed by atoms with E-state index in [-0.39, 0.29) is 5.91 Å². The number of amides is 1. The van der Waals surface area contributed by atoms with Gasteiger partial charge in [0, 0.05) is 11.0 Å². The summed E-state index contributed by atoms with van der Waals surface area (Å²) in [5.74, 6) is -0.0510. The van der Waals surface area contributed by atoms with Crippen LogP contribution < -0.4 is 5.32 Å². The first-order chi connectivity index (χ1) is 6.11. The number of rotatable bonds is 3. The SMILES string of the molecule is C=C(C)CNC(=O)c1sccc1Br. The van der Waals surface area contributed by atoms with Crippen LogP contribution in [0.3, 0.4) is 0 Å². The number of nitrogens with one attached hydrogen (secondary N) is 1. The van der Waals surface area contributed by atoms with Crippen molar-refractivity contribution in [3.63, 3.8) is 0 Å². The maximum atomic E-state index is 11.5. The van der Waals surface area contributed by atoms with E-state index in [1.807, 2.05) is 18.4 Å². The highest BCUT2D eigenvalue weighted by Gasteiger charge is 2.09. The maximum Gasteiger partial charge on any atom is 0.262 e. The lowest BCUT2D eigenvalue weighted by atomic mass is 10.3. The van der Waals surface area contributed by atoms with Gasteiger partial charge in [0.25, 0.3) is 5.91 Å². The summed E-state index contributed by atoms with van der Waals surface area (Å²) < 4.78 is 0.844. The van der Waals surface area contributed by atoms with Crippen molar-refractivity contribution in [3.05, 3.63) is 32.9 Å². The van der Waals surface area contributed by atoms with Gasteiger partial charge in [0.2, 0.25) is 0 Å². The number of carbonyl (C=O) groups excluding carboxylic acids is 1.